The Morgan fingerprint density at radius 3 is 2.65 bits per heavy atom. The molecule has 1 rings (SSSR count). The molecule has 0 aliphatic carbocycles. The molecular weight excluding hydrogens is 244 g/mol. The number of rotatable bonds is 4. The van der Waals surface area contributed by atoms with Crippen LogP contribution in [0.3, 0.4) is 0 Å². The van der Waals surface area contributed by atoms with Crippen molar-refractivity contribution in [3.8, 4) is 12.3 Å². The molecule has 0 saturated carbocycles. The highest BCUT2D eigenvalue weighted by molar-refractivity contribution is 7.89. The van der Waals surface area contributed by atoms with Gasteiger partial charge in [0.25, 0.3) is 10.0 Å². The largest absolute Gasteiger partial charge is 0.478 e. The summed E-state index contributed by atoms with van der Waals surface area (Å²) >= 11 is 0. The van der Waals surface area contributed by atoms with Gasteiger partial charge in [-0.3, -0.25) is 0 Å². The summed E-state index contributed by atoms with van der Waals surface area (Å²) in [6.07, 6.45) is 6.02. The number of nitrogens with zero attached hydrogens (tertiary/aromatic N) is 1. The molecular formula is C10H10N2O4S. The second-order valence-corrected chi connectivity index (χ2v) is 4.86. The van der Waals surface area contributed by atoms with E-state index in [2.05, 4.69) is 15.6 Å². The summed E-state index contributed by atoms with van der Waals surface area (Å²) in [4.78, 5) is 14.1. The van der Waals surface area contributed by atoms with Crippen LogP contribution in [-0.4, -0.2) is 30.5 Å². The van der Waals surface area contributed by atoms with E-state index >= 15 is 0 Å². The number of carboxylic acids is 1. The molecule has 90 valence electrons. The summed E-state index contributed by atoms with van der Waals surface area (Å²) < 4.78 is 25.5. The molecule has 0 aliphatic rings. The molecule has 0 amide bonds. The summed E-state index contributed by atoms with van der Waals surface area (Å²) in [6, 6.07) is 1.60. The Labute approximate surface area is 98.7 Å². The van der Waals surface area contributed by atoms with Crippen LogP contribution >= 0.6 is 0 Å². The van der Waals surface area contributed by atoms with Crippen molar-refractivity contribution in [3.05, 3.63) is 23.9 Å². The molecule has 0 bridgehead atoms. The van der Waals surface area contributed by atoms with Crippen molar-refractivity contribution < 1.29 is 18.3 Å². The van der Waals surface area contributed by atoms with Gasteiger partial charge in [0.15, 0.2) is 5.03 Å². The fourth-order valence-electron chi connectivity index (χ4n) is 0.993. The third kappa shape index (κ3) is 3.27. The molecule has 0 saturated heterocycles. The fraction of sp³-hybridized carbons (Fsp3) is 0.200. The van der Waals surface area contributed by atoms with Crippen LogP contribution in [0.25, 0.3) is 0 Å². The number of terminal acetylenes is 1. The van der Waals surface area contributed by atoms with Crippen molar-refractivity contribution in [1.29, 1.82) is 0 Å². The van der Waals surface area contributed by atoms with Gasteiger partial charge in [-0.25, -0.2) is 18.2 Å². The minimum Gasteiger partial charge on any atom is -0.478 e. The number of sulfonamides is 1. The third-order valence-corrected chi connectivity index (χ3v) is 3.30. The standard InChI is InChI=1S/C10H10N2O4S/c1-3-7(2)12-17(15,16)9-5-4-8(6-11-9)10(13)14/h1,4-7,12H,2H3,(H,13,14). The van der Waals surface area contributed by atoms with Gasteiger partial charge in [-0.1, -0.05) is 5.92 Å². The first-order chi connectivity index (χ1) is 7.86. The van der Waals surface area contributed by atoms with E-state index in [0.29, 0.717) is 0 Å². The highest BCUT2D eigenvalue weighted by Gasteiger charge is 2.18. The average molecular weight is 254 g/mol. The predicted molar refractivity (Wildman–Crippen MR) is 59.8 cm³/mol. The van der Waals surface area contributed by atoms with Crippen LogP contribution < -0.4 is 4.72 Å². The van der Waals surface area contributed by atoms with Crippen molar-refractivity contribution in [3.63, 3.8) is 0 Å². The highest BCUT2D eigenvalue weighted by atomic mass is 32.2. The lowest BCUT2D eigenvalue weighted by molar-refractivity contribution is 0.0696. The first-order valence-electron chi connectivity index (χ1n) is 4.54. The normalized spacial score (nSPS) is 12.7. The van der Waals surface area contributed by atoms with E-state index in [1.54, 1.807) is 0 Å². The predicted octanol–water partition coefficient (Wildman–Crippen LogP) is 0.0798. The molecule has 7 heteroatoms. The van der Waals surface area contributed by atoms with Gasteiger partial charge in [-0.15, -0.1) is 6.42 Å². The number of aromatic nitrogens is 1. The van der Waals surface area contributed by atoms with Crippen LogP contribution in [0, 0.1) is 12.3 Å². The van der Waals surface area contributed by atoms with Gasteiger partial charge in [-0.2, -0.15) is 4.72 Å². The second-order valence-electron chi connectivity index (χ2n) is 3.20. The van der Waals surface area contributed by atoms with Gasteiger partial charge < -0.3 is 5.11 Å². The minimum absolute atomic E-state index is 0.0889. The number of carboxylic acid groups (broad SMARTS) is 1. The SMILES string of the molecule is C#CC(C)NS(=O)(=O)c1ccc(C(=O)O)cn1. The number of nitrogens with one attached hydrogen (secondary N) is 1. The molecule has 1 unspecified atom stereocenters. The van der Waals surface area contributed by atoms with E-state index in [0.717, 1.165) is 18.3 Å². The summed E-state index contributed by atoms with van der Waals surface area (Å²) in [6.45, 7) is 1.50. The molecule has 0 aromatic carbocycles. The Bertz CT molecular complexity index is 557. The minimum atomic E-state index is -3.81. The van der Waals surface area contributed by atoms with Crippen LogP contribution in [0.15, 0.2) is 23.4 Å². The van der Waals surface area contributed by atoms with Gasteiger partial charge >= 0.3 is 5.97 Å². The Morgan fingerprint density at radius 1 is 1.59 bits per heavy atom. The molecule has 17 heavy (non-hydrogen) atoms. The number of aromatic carboxylic acids is 1. The maximum atomic E-state index is 11.7. The molecule has 0 fully saturated rings. The van der Waals surface area contributed by atoms with E-state index in [4.69, 9.17) is 11.5 Å². The molecule has 1 aromatic rings. The Hall–Kier alpha value is -1.91. The topological polar surface area (TPSA) is 96.4 Å². The number of hydrogen-bond donors (Lipinski definition) is 2. The lowest BCUT2D eigenvalue weighted by atomic mass is 10.3. The molecule has 2 N–H and O–H groups in total. The van der Waals surface area contributed by atoms with Crippen LogP contribution in [0.4, 0.5) is 0 Å². The third-order valence-electron chi connectivity index (χ3n) is 1.84. The fourth-order valence-corrected chi connectivity index (χ4v) is 2.09. The van der Waals surface area contributed by atoms with Gasteiger partial charge in [0, 0.05) is 6.20 Å². The molecule has 6 nitrogen and oxygen atoms in total. The van der Waals surface area contributed by atoms with Gasteiger partial charge in [0.05, 0.1) is 11.6 Å². The second kappa shape index (κ2) is 4.95. The Balaban J connectivity index is 3.01. The maximum absolute atomic E-state index is 11.7. The lowest BCUT2D eigenvalue weighted by Crippen LogP contribution is -2.32. The van der Waals surface area contributed by atoms with Crippen LogP contribution in [0.5, 0.6) is 0 Å². The summed E-state index contributed by atoms with van der Waals surface area (Å²) in [7, 11) is -3.81. The first-order valence-corrected chi connectivity index (χ1v) is 6.03. The zero-order valence-electron chi connectivity index (χ0n) is 8.91. The Morgan fingerprint density at radius 2 is 2.24 bits per heavy atom. The molecule has 1 aromatic heterocycles. The van der Waals surface area contributed by atoms with Crippen LogP contribution in [0.2, 0.25) is 0 Å². The van der Waals surface area contributed by atoms with Gasteiger partial charge in [0.2, 0.25) is 0 Å². The number of pyridine rings is 1. The van der Waals surface area contributed by atoms with Gasteiger partial charge in [-0.05, 0) is 19.1 Å². The van der Waals surface area contributed by atoms with Crippen LogP contribution in [0.1, 0.15) is 17.3 Å². The van der Waals surface area contributed by atoms with Crippen molar-refractivity contribution in [2.75, 3.05) is 0 Å². The molecule has 1 atom stereocenters. The number of carbonyl (C=O) groups is 1. The van der Waals surface area contributed by atoms with E-state index < -0.39 is 22.0 Å². The van der Waals surface area contributed by atoms with Crippen molar-refractivity contribution >= 4 is 16.0 Å². The Kier molecular flexibility index (Phi) is 3.83. The smallest absolute Gasteiger partial charge is 0.337 e. The van der Waals surface area contributed by atoms with Crippen LogP contribution in [-0.2, 0) is 10.0 Å². The van der Waals surface area contributed by atoms with Crippen molar-refractivity contribution in [2.45, 2.75) is 18.0 Å². The van der Waals surface area contributed by atoms with E-state index in [1.807, 2.05) is 0 Å². The highest BCUT2D eigenvalue weighted by Crippen LogP contribution is 2.07. The van der Waals surface area contributed by atoms with Crippen molar-refractivity contribution in [1.82, 2.24) is 9.71 Å². The molecule has 0 aliphatic heterocycles. The van der Waals surface area contributed by atoms with E-state index in [-0.39, 0.29) is 10.6 Å². The maximum Gasteiger partial charge on any atom is 0.337 e. The molecule has 0 spiro atoms. The lowest BCUT2D eigenvalue weighted by Gasteiger charge is -2.07. The summed E-state index contributed by atoms with van der Waals surface area (Å²) in [5.74, 6) is 1.03. The van der Waals surface area contributed by atoms with E-state index in [9.17, 15) is 13.2 Å². The van der Waals surface area contributed by atoms with Crippen molar-refractivity contribution in [2.24, 2.45) is 0 Å². The quantitative estimate of drug-likeness (QED) is 0.742. The zero-order valence-corrected chi connectivity index (χ0v) is 9.73. The zero-order chi connectivity index (χ0) is 13.1. The molecule has 0 radical (unpaired) electrons. The van der Waals surface area contributed by atoms with Gasteiger partial charge in [0.1, 0.15) is 0 Å². The monoisotopic (exact) mass is 254 g/mol. The average Bonchev–Trinajstić information content (AvgIpc) is 2.28. The molecule has 1 heterocycles. The summed E-state index contributed by atoms with van der Waals surface area (Å²) in [5.41, 5.74) is -0.0889. The summed E-state index contributed by atoms with van der Waals surface area (Å²) in [5, 5.41) is 8.36. The number of hydrogen-bond acceptors (Lipinski definition) is 4. The first kappa shape index (κ1) is 13.2. The van der Waals surface area contributed by atoms with E-state index in [1.165, 1.54) is 6.92 Å².